The Morgan fingerprint density at radius 1 is 1.22 bits per heavy atom. The van der Waals surface area contributed by atoms with Crippen molar-refractivity contribution in [2.45, 2.75) is 64.1 Å². The van der Waals surface area contributed by atoms with Crippen molar-refractivity contribution in [2.24, 2.45) is 10.9 Å². The summed E-state index contributed by atoms with van der Waals surface area (Å²) in [6.07, 6.45) is 4.06. The summed E-state index contributed by atoms with van der Waals surface area (Å²) in [7, 11) is 0. The molecule has 5 nitrogen and oxygen atoms in total. The smallest absolute Gasteiger partial charge is 0.433 e. The summed E-state index contributed by atoms with van der Waals surface area (Å²) in [5.74, 6) is 0.136. The van der Waals surface area contributed by atoms with E-state index in [4.69, 9.17) is 27.9 Å². The number of anilines is 1. The fraction of sp³-hybridized carbons (Fsp3) is 0.667. The number of amides is 1. The van der Waals surface area contributed by atoms with Crippen molar-refractivity contribution in [3.63, 3.8) is 0 Å². The number of carbonyl (C=O) groups is 1. The third kappa shape index (κ3) is 7.32. The third-order valence-corrected chi connectivity index (χ3v) is 7.04. The molecule has 178 valence electrons. The van der Waals surface area contributed by atoms with E-state index < -0.39 is 17.4 Å². The SMILES string of the molecule is CC(C)(C)OC(=O)/N=C/C1CCC(F)(CCN2CCN(c3cccc(Cl)c3Cl)CC2)CC1. The minimum absolute atomic E-state index is 0.136. The Morgan fingerprint density at radius 2 is 1.88 bits per heavy atom. The summed E-state index contributed by atoms with van der Waals surface area (Å²) in [5.41, 5.74) is -0.725. The van der Waals surface area contributed by atoms with Gasteiger partial charge in [-0.25, -0.2) is 9.18 Å². The van der Waals surface area contributed by atoms with Gasteiger partial charge in [-0.15, -0.1) is 0 Å². The molecule has 0 radical (unpaired) electrons. The molecule has 1 aromatic carbocycles. The second-order valence-electron chi connectivity index (χ2n) is 9.90. The first kappa shape index (κ1) is 25.3. The van der Waals surface area contributed by atoms with Gasteiger partial charge in [0.1, 0.15) is 11.3 Å². The van der Waals surface area contributed by atoms with E-state index >= 15 is 4.39 Å². The van der Waals surface area contributed by atoms with Crippen molar-refractivity contribution >= 4 is 41.2 Å². The molecule has 0 bridgehead atoms. The molecule has 8 heteroatoms. The van der Waals surface area contributed by atoms with E-state index in [1.165, 1.54) is 0 Å². The van der Waals surface area contributed by atoms with Gasteiger partial charge in [0.15, 0.2) is 0 Å². The van der Waals surface area contributed by atoms with Gasteiger partial charge in [0.2, 0.25) is 0 Å². The van der Waals surface area contributed by atoms with Gasteiger partial charge in [0, 0.05) is 38.9 Å². The van der Waals surface area contributed by atoms with Crippen molar-refractivity contribution in [3.8, 4) is 0 Å². The van der Waals surface area contributed by atoms with Gasteiger partial charge in [-0.1, -0.05) is 29.3 Å². The molecular formula is C24H34Cl2FN3O2. The molecular weight excluding hydrogens is 452 g/mol. The average molecular weight is 486 g/mol. The van der Waals surface area contributed by atoms with Crippen molar-refractivity contribution in [2.75, 3.05) is 37.6 Å². The van der Waals surface area contributed by atoms with Gasteiger partial charge in [0.25, 0.3) is 0 Å². The molecule has 1 heterocycles. The quantitative estimate of drug-likeness (QED) is 0.451. The Kier molecular flexibility index (Phi) is 8.45. The molecule has 0 aromatic heterocycles. The van der Waals surface area contributed by atoms with Crippen molar-refractivity contribution < 1.29 is 13.9 Å². The van der Waals surface area contributed by atoms with E-state index in [0.717, 1.165) is 38.4 Å². The largest absolute Gasteiger partial charge is 0.442 e. The maximum atomic E-state index is 15.4. The molecule has 0 N–H and O–H groups in total. The normalized spacial score (nSPS) is 25.3. The number of nitrogens with zero attached hydrogens (tertiary/aromatic N) is 3. The predicted octanol–water partition coefficient (Wildman–Crippen LogP) is 6.41. The summed E-state index contributed by atoms with van der Waals surface area (Å²) in [4.78, 5) is 20.2. The minimum Gasteiger partial charge on any atom is -0.442 e. The molecule has 0 unspecified atom stereocenters. The first-order chi connectivity index (χ1) is 15.0. The van der Waals surface area contributed by atoms with Gasteiger partial charge >= 0.3 is 6.09 Å². The topological polar surface area (TPSA) is 45.1 Å². The number of aliphatic imine (C=N–C) groups is 1. The van der Waals surface area contributed by atoms with Crippen LogP contribution in [-0.2, 0) is 4.74 Å². The highest BCUT2D eigenvalue weighted by molar-refractivity contribution is 6.43. The Morgan fingerprint density at radius 3 is 2.50 bits per heavy atom. The molecule has 0 spiro atoms. The van der Waals surface area contributed by atoms with E-state index in [2.05, 4.69) is 14.8 Å². The second kappa shape index (κ2) is 10.7. The Labute approximate surface area is 200 Å². The van der Waals surface area contributed by atoms with Crippen molar-refractivity contribution in [1.29, 1.82) is 0 Å². The van der Waals surface area contributed by atoms with Crippen LogP contribution in [0.4, 0.5) is 14.9 Å². The van der Waals surface area contributed by atoms with Crippen LogP contribution >= 0.6 is 23.2 Å². The van der Waals surface area contributed by atoms with Crippen LogP contribution in [0.5, 0.6) is 0 Å². The standard InChI is InChI=1S/C24H34Cl2FN3O2/c1-23(2,3)32-22(31)28-17-18-7-9-24(27,10-8-18)11-12-29-13-15-30(16-14-29)20-6-4-5-19(25)21(20)26/h4-6,17-18H,7-16H2,1-3H3/b28-17+. The zero-order valence-electron chi connectivity index (χ0n) is 19.2. The number of benzene rings is 1. The van der Waals surface area contributed by atoms with E-state index in [1.807, 2.05) is 32.9 Å². The van der Waals surface area contributed by atoms with Crippen LogP contribution in [0.25, 0.3) is 0 Å². The van der Waals surface area contributed by atoms with E-state index in [1.54, 1.807) is 12.3 Å². The summed E-state index contributed by atoms with van der Waals surface area (Å²) < 4.78 is 20.5. The molecule has 1 aliphatic heterocycles. The van der Waals surface area contributed by atoms with Gasteiger partial charge in [0.05, 0.1) is 15.7 Å². The fourth-order valence-corrected chi connectivity index (χ4v) is 4.73. The highest BCUT2D eigenvalue weighted by Crippen LogP contribution is 2.37. The van der Waals surface area contributed by atoms with E-state index in [-0.39, 0.29) is 5.92 Å². The van der Waals surface area contributed by atoms with Crippen LogP contribution in [0.2, 0.25) is 10.0 Å². The molecule has 3 rings (SSSR count). The third-order valence-electron chi connectivity index (χ3n) is 6.23. The maximum Gasteiger partial charge on any atom is 0.433 e. The summed E-state index contributed by atoms with van der Waals surface area (Å²) in [6.45, 7) is 9.64. The van der Waals surface area contributed by atoms with Gasteiger partial charge < -0.3 is 9.64 Å². The fourth-order valence-electron chi connectivity index (χ4n) is 4.32. The lowest BCUT2D eigenvalue weighted by molar-refractivity contribution is 0.0601. The average Bonchev–Trinajstić information content (AvgIpc) is 2.73. The number of hydrogen-bond acceptors (Lipinski definition) is 4. The Hall–Kier alpha value is -1.37. The molecule has 1 saturated heterocycles. The lowest BCUT2D eigenvalue weighted by atomic mass is 9.78. The van der Waals surface area contributed by atoms with Crippen LogP contribution < -0.4 is 4.90 Å². The summed E-state index contributed by atoms with van der Waals surface area (Å²) in [6, 6.07) is 5.70. The predicted molar refractivity (Wildman–Crippen MR) is 130 cm³/mol. The van der Waals surface area contributed by atoms with Crippen LogP contribution in [-0.4, -0.2) is 61.2 Å². The zero-order chi connectivity index (χ0) is 23.4. The van der Waals surface area contributed by atoms with Crippen LogP contribution in [0.1, 0.15) is 52.9 Å². The summed E-state index contributed by atoms with van der Waals surface area (Å²) >= 11 is 12.5. The lowest BCUT2D eigenvalue weighted by Crippen LogP contribution is -2.48. The number of alkyl halides is 1. The summed E-state index contributed by atoms with van der Waals surface area (Å²) in [5, 5.41) is 1.16. The highest BCUT2D eigenvalue weighted by atomic mass is 35.5. The van der Waals surface area contributed by atoms with E-state index in [0.29, 0.717) is 42.1 Å². The van der Waals surface area contributed by atoms with Gasteiger partial charge in [-0.2, -0.15) is 4.99 Å². The van der Waals surface area contributed by atoms with Crippen LogP contribution in [0, 0.1) is 5.92 Å². The Bertz CT molecular complexity index is 812. The minimum atomic E-state index is -1.14. The molecule has 1 aliphatic carbocycles. The maximum absolute atomic E-state index is 15.4. The number of hydrogen-bond donors (Lipinski definition) is 0. The van der Waals surface area contributed by atoms with E-state index in [9.17, 15) is 4.79 Å². The molecule has 0 atom stereocenters. The zero-order valence-corrected chi connectivity index (χ0v) is 20.8. The first-order valence-electron chi connectivity index (χ1n) is 11.4. The Balaban J connectivity index is 1.40. The van der Waals surface area contributed by atoms with Crippen LogP contribution in [0.3, 0.4) is 0 Å². The molecule has 1 aromatic rings. The lowest BCUT2D eigenvalue weighted by Gasteiger charge is -2.39. The van der Waals surface area contributed by atoms with Gasteiger partial charge in [-0.05, 0) is 70.9 Å². The molecule has 1 saturated carbocycles. The number of rotatable bonds is 5. The highest BCUT2D eigenvalue weighted by Gasteiger charge is 2.35. The van der Waals surface area contributed by atoms with Crippen molar-refractivity contribution in [3.05, 3.63) is 28.2 Å². The number of ether oxygens (including phenoxy) is 1. The second-order valence-corrected chi connectivity index (χ2v) is 10.7. The first-order valence-corrected chi connectivity index (χ1v) is 12.2. The monoisotopic (exact) mass is 485 g/mol. The molecule has 2 aliphatic rings. The molecule has 2 fully saturated rings. The number of piperazine rings is 1. The molecule has 1 amide bonds. The van der Waals surface area contributed by atoms with Crippen LogP contribution in [0.15, 0.2) is 23.2 Å². The molecule has 32 heavy (non-hydrogen) atoms. The van der Waals surface area contributed by atoms with Crippen molar-refractivity contribution in [1.82, 2.24) is 4.90 Å². The number of halogens is 3. The number of carbonyl (C=O) groups excluding carboxylic acids is 1. The van der Waals surface area contributed by atoms with Gasteiger partial charge in [-0.3, -0.25) is 4.90 Å².